The number of rotatable bonds is 3. The van der Waals surface area contributed by atoms with Crippen LogP contribution < -0.4 is 5.73 Å². The maximum Gasteiger partial charge on any atom is 0.213 e. The van der Waals surface area contributed by atoms with Gasteiger partial charge >= 0.3 is 0 Å². The van der Waals surface area contributed by atoms with Gasteiger partial charge < -0.3 is 10.3 Å². The molecule has 0 saturated carbocycles. The molecule has 0 aliphatic heterocycles. The van der Waals surface area contributed by atoms with E-state index in [1.165, 1.54) is 12.3 Å². The van der Waals surface area contributed by atoms with Gasteiger partial charge in [-0.3, -0.25) is 0 Å². The number of hydrogen-bond donors (Lipinski definition) is 1. The van der Waals surface area contributed by atoms with Gasteiger partial charge in [0.25, 0.3) is 0 Å². The van der Waals surface area contributed by atoms with Gasteiger partial charge in [0.1, 0.15) is 11.9 Å². The summed E-state index contributed by atoms with van der Waals surface area (Å²) in [4.78, 5) is 3.88. The number of nitrogens with two attached hydrogens (primary N) is 1. The van der Waals surface area contributed by atoms with E-state index in [2.05, 4.69) is 4.98 Å². The van der Waals surface area contributed by atoms with Gasteiger partial charge in [-0.05, 0) is 6.07 Å². The number of hydrogen-bond acceptors (Lipinski definition) is 3. The highest BCUT2D eigenvalue weighted by Gasteiger charge is 2.18. The molecule has 4 nitrogen and oxygen atoms in total. The lowest BCUT2D eigenvalue weighted by atomic mass is 10.1. The molecule has 2 N–H and O–H groups in total. The molecule has 0 saturated heterocycles. The fraction of sp³-hybridized carbons (Fsp3) is 0.167. The number of imidazole rings is 1. The van der Waals surface area contributed by atoms with Gasteiger partial charge in [0.05, 0.1) is 6.04 Å². The van der Waals surface area contributed by atoms with Crippen LogP contribution in [0.2, 0.25) is 0 Å². The lowest BCUT2D eigenvalue weighted by Gasteiger charge is -2.18. The Morgan fingerprint density at radius 2 is 2.24 bits per heavy atom. The van der Waals surface area contributed by atoms with Gasteiger partial charge in [-0.2, -0.15) is 5.26 Å². The van der Waals surface area contributed by atoms with Crippen LogP contribution in [0.25, 0.3) is 0 Å². The van der Waals surface area contributed by atoms with Crippen LogP contribution in [-0.4, -0.2) is 16.1 Å². The first-order chi connectivity index (χ1) is 8.27. The van der Waals surface area contributed by atoms with Crippen molar-refractivity contribution in [2.45, 2.75) is 6.04 Å². The standard InChI is InChI=1S/C12H11FN4/c13-10-4-2-1-3-9(10)11(7-14)17-6-5-16-12(17)8-15/h1-6,11H,7,14H2. The van der Waals surface area contributed by atoms with E-state index in [-0.39, 0.29) is 18.2 Å². The summed E-state index contributed by atoms with van der Waals surface area (Å²) in [5.74, 6) is -0.107. The molecule has 0 aliphatic rings. The Bertz CT molecular complexity index is 554. The van der Waals surface area contributed by atoms with Crippen molar-refractivity contribution in [1.29, 1.82) is 5.26 Å². The van der Waals surface area contributed by atoms with Gasteiger partial charge in [-0.25, -0.2) is 9.37 Å². The highest BCUT2D eigenvalue weighted by Crippen LogP contribution is 2.21. The van der Waals surface area contributed by atoms with Gasteiger partial charge in [0.2, 0.25) is 5.82 Å². The number of nitrogens with zero attached hydrogens (tertiary/aromatic N) is 3. The summed E-state index contributed by atoms with van der Waals surface area (Å²) in [5.41, 5.74) is 6.13. The fourth-order valence-corrected chi connectivity index (χ4v) is 1.79. The highest BCUT2D eigenvalue weighted by molar-refractivity contribution is 5.25. The molecule has 86 valence electrons. The summed E-state index contributed by atoms with van der Waals surface area (Å²) in [6.45, 7) is 0.200. The van der Waals surface area contributed by atoms with Crippen LogP contribution in [-0.2, 0) is 0 Å². The Morgan fingerprint density at radius 1 is 1.47 bits per heavy atom. The molecule has 1 aromatic heterocycles. The molecule has 0 radical (unpaired) electrons. The minimum absolute atomic E-state index is 0.200. The fourth-order valence-electron chi connectivity index (χ4n) is 1.79. The topological polar surface area (TPSA) is 67.6 Å². The minimum Gasteiger partial charge on any atom is -0.328 e. The van der Waals surface area contributed by atoms with Crippen molar-refractivity contribution in [3.05, 3.63) is 53.9 Å². The molecule has 2 aromatic rings. The predicted molar refractivity (Wildman–Crippen MR) is 60.5 cm³/mol. The molecule has 0 fully saturated rings. The quantitative estimate of drug-likeness (QED) is 0.867. The summed E-state index contributed by atoms with van der Waals surface area (Å²) < 4.78 is 15.3. The number of aromatic nitrogens is 2. The first-order valence-corrected chi connectivity index (χ1v) is 5.15. The van der Waals surface area contributed by atoms with Crippen LogP contribution in [0, 0.1) is 17.1 Å². The molecule has 2 rings (SSSR count). The van der Waals surface area contributed by atoms with E-state index in [4.69, 9.17) is 11.0 Å². The first-order valence-electron chi connectivity index (χ1n) is 5.15. The Morgan fingerprint density at radius 3 is 2.88 bits per heavy atom. The molecule has 17 heavy (non-hydrogen) atoms. The molecule has 0 aliphatic carbocycles. The zero-order valence-corrected chi connectivity index (χ0v) is 9.05. The molecule has 0 amide bonds. The predicted octanol–water partition coefficient (Wildman–Crippen LogP) is 1.44. The van der Waals surface area contributed by atoms with Gasteiger partial charge in [-0.1, -0.05) is 18.2 Å². The maximum atomic E-state index is 13.7. The second kappa shape index (κ2) is 4.76. The van der Waals surface area contributed by atoms with Crippen LogP contribution in [0.5, 0.6) is 0 Å². The van der Waals surface area contributed by atoms with E-state index in [1.807, 2.05) is 6.07 Å². The average molecular weight is 230 g/mol. The smallest absolute Gasteiger partial charge is 0.213 e. The molecule has 1 heterocycles. The number of halogens is 1. The second-order valence-corrected chi connectivity index (χ2v) is 3.54. The normalized spacial score (nSPS) is 12.1. The third-order valence-electron chi connectivity index (χ3n) is 2.59. The molecule has 5 heteroatoms. The Hall–Kier alpha value is -2.19. The van der Waals surface area contributed by atoms with E-state index in [0.29, 0.717) is 5.56 Å². The van der Waals surface area contributed by atoms with E-state index in [1.54, 1.807) is 29.0 Å². The van der Waals surface area contributed by atoms with Crippen LogP contribution in [0.3, 0.4) is 0 Å². The minimum atomic E-state index is -0.409. The molecule has 1 atom stereocenters. The molecule has 0 bridgehead atoms. The van der Waals surface area contributed by atoms with E-state index < -0.39 is 6.04 Å². The summed E-state index contributed by atoms with van der Waals surface area (Å²) >= 11 is 0. The van der Waals surface area contributed by atoms with Crippen molar-refractivity contribution in [3.63, 3.8) is 0 Å². The average Bonchev–Trinajstić information content (AvgIpc) is 2.81. The van der Waals surface area contributed by atoms with E-state index in [9.17, 15) is 4.39 Å². The summed E-state index contributed by atoms with van der Waals surface area (Å²) in [5, 5.41) is 8.90. The molecular formula is C12H11FN4. The first kappa shape index (κ1) is 11.3. The number of nitriles is 1. The van der Waals surface area contributed by atoms with Gasteiger partial charge in [0, 0.05) is 24.5 Å². The van der Waals surface area contributed by atoms with Gasteiger partial charge in [0.15, 0.2) is 0 Å². The Kier molecular flexibility index (Phi) is 3.17. The molecule has 1 unspecified atom stereocenters. The van der Waals surface area contributed by atoms with E-state index in [0.717, 1.165) is 0 Å². The van der Waals surface area contributed by atoms with Crippen molar-refractivity contribution < 1.29 is 4.39 Å². The molecular weight excluding hydrogens is 219 g/mol. The SMILES string of the molecule is N#Cc1nccn1C(CN)c1ccccc1F. The monoisotopic (exact) mass is 230 g/mol. The Balaban J connectivity index is 2.49. The zero-order chi connectivity index (χ0) is 12.3. The van der Waals surface area contributed by atoms with E-state index >= 15 is 0 Å². The summed E-state index contributed by atoms with van der Waals surface area (Å²) in [7, 11) is 0. The highest BCUT2D eigenvalue weighted by atomic mass is 19.1. The Labute approximate surface area is 98.1 Å². The van der Waals surface area contributed by atoms with Gasteiger partial charge in [-0.15, -0.1) is 0 Å². The lowest BCUT2D eigenvalue weighted by molar-refractivity contribution is 0.533. The van der Waals surface area contributed by atoms with Crippen LogP contribution in [0.15, 0.2) is 36.7 Å². The lowest BCUT2D eigenvalue weighted by Crippen LogP contribution is -2.22. The third-order valence-corrected chi connectivity index (χ3v) is 2.59. The largest absolute Gasteiger partial charge is 0.328 e. The maximum absolute atomic E-state index is 13.7. The second-order valence-electron chi connectivity index (χ2n) is 3.54. The van der Waals surface area contributed by atoms with Crippen LogP contribution in [0.4, 0.5) is 4.39 Å². The summed E-state index contributed by atoms with van der Waals surface area (Å²) in [6.07, 6.45) is 3.13. The van der Waals surface area contributed by atoms with Crippen LogP contribution >= 0.6 is 0 Å². The van der Waals surface area contributed by atoms with Crippen molar-refractivity contribution in [1.82, 2.24) is 9.55 Å². The van der Waals surface area contributed by atoms with Crippen molar-refractivity contribution in [2.24, 2.45) is 5.73 Å². The molecule has 1 aromatic carbocycles. The number of benzene rings is 1. The third kappa shape index (κ3) is 2.03. The summed E-state index contributed by atoms with van der Waals surface area (Å²) in [6, 6.07) is 7.94. The van der Waals surface area contributed by atoms with Crippen molar-refractivity contribution >= 4 is 0 Å². The zero-order valence-electron chi connectivity index (χ0n) is 9.05. The van der Waals surface area contributed by atoms with Crippen molar-refractivity contribution in [2.75, 3.05) is 6.54 Å². The van der Waals surface area contributed by atoms with Crippen molar-refractivity contribution in [3.8, 4) is 6.07 Å². The molecule has 0 spiro atoms. The van der Waals surface area contributed by atoms with Crippen LogP contribution in [0.1, 0.15) is 17.4 Å².